The zero-order valence-corrected chi connectivity index (χ0v) is 21.2. The van der Waals surface area contributed by atoms with Crippen LogP contribution in [0.5, 0.6) is 5.75 Å². The number of methoxy groups -OCH3 is 1. The van der Waals surface area contributed by atoms with E-state index < -0.39 is 65.7 Å². The molecule has 1 saturated heterocycles. The maximum Gasteiger partial charge on any atom is 0.332 e. The molecule has 0 spiro atoms. The number of rotatable bonds is 8. The second-order valence-electron chi connectivity index (χ2n) is 9.11. The van der Waals surface area contributed by atoms with E-state index in [1.165, 1.54) is 19.4 Å². The molecule has 1 aromatic carbocycles. The normalized spacial score (nSPS) is 20.1. The van der Waals surface area contributed by atoms with Gasteiger partial charge in [-0.1, -0.05) is 44.2 Å². The molecule has 1 N–H and O–H groups in total. The van der Waals surface area contributed by atoms with Crippen LogP contribution in [0, 0.1) is 11.8 Å². The van der Waals surface area contributed by atoms with Gasteiger partial charge in [-0.3, -0.25) is 24.2 Å². The smallest absolute Gasteiger partial charge is 0.332 e. The van der Waals surface area contributed by atoms with E-state index in [1.54, 1.807) is 20.8 Å². The van der Waals surface area contributed by atoms with E-state index in [4.69, 9.17) is 14.2 Å². The number of ketones is 2. The Hall–Kier alpha value is -4.08. The molecule has 0 aliphatic carbocycles. The van der Waals surface area contributed by atoms with Crippen LogP contribution in [-0.2, 0) is 30.3 Å². The molecular formula is C27H30N2O8. The van der Waals surface area contributed by atoms with Crippen molar-refractivity contribution in [3.63, 3.8) is 0 Å². The molecule has 2 aromatic rings. The minimum Gasteiger partial charge on any atom is -0.496 e. The highest BCUT2D eigenvalue weighted by atomic mass is 16.6. The molecule has 3 atom stereocenters. The van der Waals surface area contributed by atoms with Gasteiger partial charge in [0.15, 0.2) is 6.04 Å². The Bertz CT molecular complexity index is 1180. The maximum atomic E-state index is 13.2. The average Bonchev–Trinajstić information content (AvgIpc) is 2.93. The lowest BCUT2D eigenvalue weighted by Gasteiger charge is -2.19. The van der Waals surface area contributed by atoms with E-state index in [0.717, 1.165) is 5.56 Å². The van der Waals surface area contributed by atoms with Crippen molar-refractivity contribution in [1.29, 1.82) is 0 Å². The summed E-state index contributed by atoms with van der Waals surface area (Å²) in [6, 6.07) is 9.38. The van der Waals surface area contributed by atoms with E-state index in [9.17, 15) is 24.0 Å². The number of Topliss-reactive ketones (excluding diaryl/α,β-unsaturated/α-hetero) is 2. The van der Waals surface area contributed by atoms with Gasteiger partial charge in [0.05, 0.1) is 24.7 Å². The van der Waals surface area contributed by atoms with Gasteiger partial charge in [0.1, 0.15) is 18.1 Å². The van der Waals surface area contributed by atoms with Gasteiger partial charge in [-0.2, -0.15) is 0 Å². The molecule has 37 heavy (non-hydrogen) atoms. The Labute approximate surface area is 214 Å². The van der Waals surface area contributed by atoms with Gasteiger partial charge >= 0.3 is 11.9 Å². The van der Waals surface area contributed by atoms with E-state index in [1.807, 2.05) is 30.3 Å². The van der Waals surface area contributed by atoms with Crippen molar-refractivity contribution in [2.45, 2.75) is 45.8 Å². The van der Waals surface area contributed by atoms with Crippen molar-refractivity contribution in [3.8, 4) is 5.75 Å². The number of carbonyl (C=O) groups excluding carboxylic acids is 5. The third-order valence-electron chi connectivity index (χ3n) is 5.90. The predicted octanol–water partition coefficient (Wildman–Crippen LogP) is 2.33. The third-order valence-corrected chi connectivity index (χ3v) is 5.90. The number of carbonyl (C=O) groups is 5. The Morgan fingerprint density at radius 3 is 2.46 bits per heavy atom. The second-order valence-corrected chi connectivity index (χ2v) is 9.11. The van der Waals surface area contributed by atoms with Gasteiger partial charge in [0.2, 0.25) is 11.6 Å². The molecule has 2 heterocycles. The van der Waals surface area contributed by atoms with Gasteiger partial charge in [-0.15, -0.1) is 0 Å². The third kappa shape index (κ3) is 6.78. The predicted molar refractivity (Wildman–Crippen MR) is 131 cm³/mol. The summed E-state index contributed by atoms with van der Waals surface area (Å²) in [6.07, 6.45) is 1.26. The van der Waals surface area contributed by atoms with Crippen LogP contribution in [0.1, 0.15) is 53.6 Å². The van der Waals surface area contributed by atoms with E-state index in [-0.39, 0.29) is 17.7 Å². The quantitative estimate of drug-likeness (QED) is 0.322. The number of amides is 1. The zero-order chi connectivity index (χ0) is 27.1. The first-order chi connectivity index (χ1) is 17.6. The van der Waals surface area contributed by atoms with Crippen LogP contribution < -0.4 is 10.1 Å². The summed E-state index contributed by atoms with van der Waals surface area (Å²) >= 11 is 0. The van der Waals surface area contributed by atoms with Gasteiger partial charge in [0.25, 0.3) is 5.91 Å². The van der Waals surface area contributed by atoms with Crippen LogP contribution in [0.3, 0.4) is 0 Å². The number of hydrogen-bond acceptors (Lipinski definition) is 9. The Morgan fingerprint density at radius 2 is 1.81 bits per heavy atom. The van der Waals surface area contributed by atoms with Gasteiger partial charge in [0, 0.05) is 12.1 Å². The summed E-state index contributed by atoms with van der Waals surface area (Å²) in [6.45, 7) is 4.29. The molecule has 0 bridgehead atoms. The monoisotopic (exact) mass is 510 g/mol. The first kappa shape index (κ1) is 27.5. The number of pyridine rings is 1. The first-order valence-electron chi connectivity index (χ1n) is 12.0. The molecule has 0 saturated carbocycles. The number of benzene rings is 1. The first-order valence-corrected chi connectivity index (χ1v) is 12.0. The highest BCUT2D eigenvalue weighted by Crippen LogP contribution is 2.24. The lowest BCUT2D eigenvalue weighted by molar-refractivity contribution is -0.152. The molecule has 1 aliphatic heterocycles. The summed E-state index contributed by atoms with van der Waals surface area (Å²) in [7, 11) is 1.29. The lowest BCUT2D eigenvalue weighted by atomic mass is 9.94. The van der Waals surface area contributed by atoms with Crippen molar-refractivity contribution in [2.24, 2.45) is 11.8 Å². The Kier molecular flexibility index (Phi) is 9.10. The van der Waals surface area contributed by atoms with Crippen LogP contribution >= 0.6 is 0 Å². The summed E-state index contributed by atoms with van der Waals surface area (Å²) < 4.78 is 16.1. The summed E-state index contributed by atoms with van der Waals surface area (Å²) in [5.41, 5.74) is 0.225. The highest BCUT2D eigenvalue weighted by Gasteiger charge is 2.35. The largest absolute Gasteiger partial charge is 0.496 e. The second kappa shape index (κ2) is 12.2. The standard InChI is InChI=1S/C27H30N2O8/c1-15(2)23(30)24(31)21-20(35-4)10-11-28-22(21)25(32)29-19-14-36-26(33)18(12-16(3)37-27(19)34)13-17-8-6-5-7-9-17/h5-11,15-16,18-19H,12-14H2,1-4H3,(H,29,32)/t16-,18-,19-/m0/s1. The molecule has 1 fully saturated rings. The van der Waals surface area contributed by atoms with Crippen molar-refractivity contribution in [1.82, 2.24) is 10.3 Å². The van der Waals surface area contributed by atoms with Crippen LogP contribution in [0.25, 0.3) is 0 Å². The number of hydrogen-bond donors (Lipinski definition) is 1. The Morgan fingerprint density at radius 1 is 1.11 bits per heavy atom. The van der Waals surface area contributed by atoms with Gasteiger partial charge in [-0.25, -0.2) is 4.79 Å². The molecule has 3 rings (SSSR count). The number of ether oxygens (including phenoxy) is 3. The number of nitrogens with one attached hydrogen (secondary N) is 1. The molecule has 1 aliphatic rings. The van der Waals surface area contributed by atoms with Crippen LogP contribution in [0.15, 0.2) is 42.6 Å². The van der Waals surface area contributed by atoms with Crippen LogP contribution in [0.4, 0.5) is 0 Å². The van der Waals surface area contributed by atoms with E-state index in [0.29, 0.717) is 6.42 Å². The lowest BCUT2D eigenvalue weighted by Crippen LogP contribution is -2.46. The fourth-order valence-corrected chi connectivity index (χ4v) is 3.96. The minimum atomic E-state index is -1.36. The molecular weight excluding hydrogens is 480 g/mol. The average molecular weight is 511 g/mol. The summed E-state index contributed by atoms with van der Waals surface area (Å²) in [5.74, 6) is -5.10. The number of nitrogens with zero attached hydrogens (tertiary/aromatic N) is 1. The summed E-state index contributed by atoms with van der Waals surface area (Å²) in [4.78, 5) is 68.0. The van der Waals surface area contributed by atoms with Crippen molar-refractivity contribution >= 4 is 29.4 Å². The SMILES string of the molecule is COc1ccnc(C(=O)N[C@H]2COC(=O)[C@H](Cc3ccccc3)C[C@H](C)OC2=O)c1C(=O)C(=O)C(C)C. The fraction of sp³-hybridized carbons (Fsp3) is 0.407. The number of cyclic esters (lactones) is 2. The number of esters is 2. The zero-order valence-electron chi connectivity index (χ0n) is 21.2. The Balaban J connectivity index is 1.82. The molecule has 0 unspecified atom stereocenters. The topological polar surface area (TPSA) is 138 Å². The fourth-order valence-electron chi connectivity index (χ4n) is 3.96. The van der Waals surface area contributed by atoms with Gasteiger partial charge < -0.3 is 19.5 Å². The molecule has 1 aromatic heterocycles. The van der Waals surface area contributed by atoms with Crippen LogP contribution in [-0.4, -0.2) is 60.3 Å². The summed E-state index contributed by atoms with van der Waals surface area (Å²) in [5, 5.41) is 2.43. The number of aromatic nitrogens is 1. The molecule has 10 nitrogen and oxygen atoms in total. The van der Waals surface area contributed by atoms with Crippen molar-refractivity contribution in [2.75, 3.05) is 13.7 Å². The minimum absolute atomic E-state index is 0.0139. The van der Waals surface area contributed by atoms with Crippen LogP contribution in [0.2, 0.25) is 0 Å². The molecule has 10 heteroatoms. The van der Waals surface area contributed by atoms with Crippen molar-refractivity contribution < 1.29 is 38.2 Å². The van der Waals surface area contributed by atoms with E-state index in [2.05, 4.69) is 10.3 Å². The maximum absolute atomic E-state index is 13.2. The molecule has 196 valence electrons. The van der Waals surface area contributed by atoms with Gasteiger partial charge in [-0.05, 0) is 31.4 Å². The molecule has 0 radical (unpaired) electrons. The molecule has 1 amide bonds. The van der Waals surface area contributed by atoms with E-state index >= 15 is 0 Å². The highest BCUT2D eigenvalue weighted by molar-refractivity contribution is 6.45. The van der Waals surface area contributed by atoms with Crippen molar-refractivity contribution in [3.05, 3.63) is 59.4 Å².